The number of amides is 1. The van der Waals surface area contributed by atoms with Crippen molar-refractivity contribution in [1.29, 1.82) is 0 Å². The SMILES string of the molecule is COCCN(CCOC)C(=O)c1cc([N+](=O)[O-])cc([N+](=O)[O-])c1. The molecule has 0 saturated carbocycles. The van der Waals surface area contributed by atoms with Crippen LogP contribution in [0.3, 0.4) is 0 Å². The summed E-state index contributed by atoms with van der Waals surface area (Å²) < 4.78 is 9.82. The number of hydrogen-bond acceptors (Lipinski definition) is 7. The first-order chi connectivity index (χ1) is 10.9. The van der Waals surface area contributed by atoms with Crippen LogP contribution in [0.25, 0.3) is 0 Å². The molecule has 1 amide bonds. The van der Waals surface area contributed by atoms with Gasteiger partial charge in [0.2, 0.25) is 0 Å². The maximum atomic E-state index is 12.5. The van der Waals surface area contributed by atoms with Crippen LogP contribution >= 0.6 is 0 Å². The Bertz CT molecular complexity index is 551. The van der Waals surface area contributed by atoms with E-state index in [1.165, 1.54) is 19.1 Å². The van der Waals surface area contributed by atoms with E-state index in [1.807, 2.05) is 0 Å². The van der Waals surface area contributed by atoms with Crippen LogP contribution in [0.15, 0.2) is 18.2 Å². The predicted molar refractivity (Wildman–Crippen MR) is 79.4 cm³/mol. The zero-order valence-electron chi connectivity index (χ0n) is 12.8. The van der Waals surface area contributed by atoms with Crippen LogP contribution < -0.4 is 0 Å². The first-order valence-electron chi connectivity index (χ1n) is 6.61. The third-order valence-corrected chi connectivity index (χ3v) is 2.99. The van der Waals surface area contributed by atoms with Crippen molar-refractivity contribution in [2.75, 3.05) is 40.5 Å². The summed E-state index contributed by atoms with van der Waals surface area (Å²) in [5.74, 6) is -0.564. The van der Waals surface area contributed by atoms with Crippen molar-refractivity contribution in [2.24, 2.45) is 0 Å². The van der Waals surface area contributed by atoms with Crippen LogP contribution in [0, 0.1) is 20.2 Å². The first-order valence-corrected chi connectivity index (χ1v) is 6.61. The fourth-order valence-corrected chi connectivity index (χ4v) is 1.83. The highest BCUT2D eigenvalue weighted by atomic mass is 16.6. The molecule has 0 heterocycles. The molecule has 0 aliphatic heterocycles. The Morgan fingerprint density at radius 1 is 1.00 bits per heavy atom. The van der Waals surface area contributed by atoms with Crippen LogP contribution in [-0.4, -0.2) is 61.2 Å². The van der Waals surface area contributed by atoms with Crippen molar-refractivity contribution in [1.82, 2.24) is 4.90 Å². The van der Waals surface area contributed by atoms with E-state index < -0.39 is 27.1 Å². The van der Waals surface area contributed by atoms with E-state index in [2.05, 4.69) is 0 Å². The van der Waals surface area contributed by atoms with Crippen LogP contribution in [0.4, 0.5) is 11.4 Å². The van der Waals surface area contributed by atoms with Crippen molar-refractivity contribution in [3.63, 3.8) is 0 Å². The summed E-state index contributed by atoms with van der Waals surface area (Å²) in [6.45, 7) is 0.976. The predicted octanol–water partition coefficient (Wildman–Crippen LogP) is 1.24. The molecule has 0 radical (unpaired) electrons. The number of rotatable bonds is 9. The van der Waals surface area contributed by atoms with Crippen LogP contribution in [0.1, 0.15) is 10.4 Å². The Labute approximate surface area is 131 Å². The highest BCUT2D eigenvalue weighted by Gasteiger charge is 2.23. The number of carbonyl (C=O) groups is 1. The molecule has 10 nitrogen and oxygen atoms in total. The van der Waals surface area contributed by atoms with Crippen LogP contribution in [0.2, 0.25) is 0 Å². The normalized spacial score (nSPS) is 10.3. The van der Waals surface area contributed by atoms with Crippen LogP contribution in [0.5, 0.6) is 0 Å². The summed E-state index contributed by atoms with van der Waals surface area (Å²) in [4.78, 5) is 34.0. The lowest BCUT2D eigenvalue weighted by molar-refractivity contribution is -0.394. The van der Waals surface area contributed by atoms with Gasteiger partial charge in [0.15, 0.2) is 0 Å². The highest BCUT2D eigenvalue weighted by Crippen LogP contribution is 2.23. The van der Waals surface area contributed by atoms with Gasteiger partial charge < -0.3 is 14.4 Å². The zero-order valence-corrected chi connectivity index (χ0v) is 12.8. The van der Waals surface area contributed by atoms with Gasteiger partial charge in [-0.05, 0) is 0 Å². The molecule has 10 heteroatoms. The second kappa shape index (κ2) is 8.76. The molecule has 1 aromatic carbocycles. The molecule has 1 aromatic rings. The number of non-ortho nitro benzene ring substituents is 2. The number of hydrogen-bond donors (Lipinski definition) is 0. The Kier molecular flexibility index (Phi) is 7.03. The molecular weight excluding hydrogens is 310 g/mol. The van der Waals surface area contributed by atoms with Gasteiger partial charge in [0, 0.05) is 39.4 Å². The Morgan fingerprint density at radius 2 is 1.43 bits per heavy atom. The van der Waals surface area contributed by atoms with E-state index in [4.69, 9.17) is 9.47 Å². The lowest BCUT2D eigenvalue weighted by atomic mass is 10.1. The average Bonchev–Trinajstić information content (AvgIpc) is 2.53. The van der Waals surface area contributed by atoms with E-state index in [0.717, 1.165) is 18.2 Å². The molecule has 0 saturated heterocycles. The molecule has 0 atom stereocenters. The molecule has 0 aliphatic rings. The van der Waals surface area contributed by atoms with E-state index >= 15 is 0 Å². The molecule has 23 heavy (non-hydrogen) atoms. The number of benzene rings is 1. The number of nitro benzene ring substituents is 2. The maximum absolute atomic E-state index is 12.5. The van der Waals surface area contributed by atoms with Crippen molar-refractivity contribution >= 4 is 17.3 Å². The van der Waals surface area contributed by atoms with Gasteiger partial charge in [0.05, 0.1) is 34.7 Å². The van der Waals surface area contributed by atoms with Gasteiger partial charge >= 0.3 is 0 Å². The second-order valence-corrected chi connectivity index (χ2v) is 4.53. The lowest BCUT2D eigenvalue weighted by Crippen LogP contribution is -2.36. The largest absolute Gasteiger partial charge is 0.383 e. The van der Waals surface area contributed by atoms with E-state index in [9.17, 15) is 25.0 Å². The minimum atomic E-state index is -0.779. The molecule has 1 rings (SSSR count). The molecule has 0 aromatic heterocycles. The molecule has 0 unspecified atom stereocenters. The average molecular weight is 327 g/mol. The standard InChI is InChI=1S/C13H17N3O7/c1-22-5-3-14(4-6-23-2)13(17)10-7-11(15(18)19)9-12(8-10)16(20)21/h7-9H,3-6H2,1-2H3. The molecule has 0 aliphatic carbocycles. The zero-order chi connectivity index (χ0) is 17.4. The summed E-state index contributed by atoms with van der Waals surface area (Å²) in [6, 6.07) is 2.84. The van der Waals surface area contributed by atoms with E-state index in [-0.39, 0.29) is 31.9 Å². The summed E-state index contributed by atoms with van der Waals surface area (Å²) >= 11 is 0. The van der Waals surface area contributed by atoms with Gasteiger partial charge in [-0.1, -0.05) is 0 Å². The summed E-state index contributed by atoms with van der Waals surface area (Å²) in [5, 5.41) is 21.8. The third-order valence-electron chi connectivity index (χ3n) is 2.99. The quantitative estimate of drug-likeness (QED) is 0.493. The van der Waals surface area contributed by atoms with E-state index in [1.54, 1.807) is 0 Å². The number of carbonyl (C=O) groups excluding carboxylic acids is 1. The van der Waals surface area contributed by atoms with Crippen molar-refractivity contribution in [3.05, 3.63) is 44.0 Å². The van der Waals surface area contributed by atoms with Gasteiger partial charge in [-0.2, -0.15) is 0 Å². The van der Waals surface area contributed by atoms with Gasteiger partial charge in [-0.15, -0.1) is 0 Å². The lowest BCUT2D eigenvalue weighted by Gasteiger charge is -2.22. The van der Waals surface area contributed by atoms with Gasteiger partial charge in [-0.3, -0.25) is 25.0 Å². The number of methoxy groups -OCH3 is 2. The van der Waals surface area contributed by atoms with Crippen molar-refractivity contribution in [3.8, 4) is 0 Å². The summed E-state index contributed by atoms with van der Waals surface area (Å²) in [5.41, 5.74) is -1.15. The number of nitro groups is 2. The van der Waals surface area contributed by atoms with Gasteiger partial charge in [0.25, 0.3) is 17.3 Å². The second-order valence-electron chi connectivity index (χ2n) is 4.53. The molecule has 0 bridgehead atoms. The topological polar surface area (TPSA) is 125 Å². The highest BCUT2D eigenvalue weighted by molar-refractivity contribution is 5.95. The third kappa shape index (κ3) is 5.27. The summed E-state index contributed by atoms with van der Waals surface area (Å²) in [7, 11) is 2.94. The Hall–Kier alpha value is -2.59. The first kappa shape index (κ1) is 18.5. The fourth-order valence-electron chi connectivity index (χ4n) is 1.83. The van der Waals surface area contributed by atoms with Gasteiger partial charge in [-0.25, -0.2) is 0 Å². The van der Waals surface area contributed by atoms with Crippen molar-refractivity contribution in [2.45, 2.75) is 0 Å². The van der Waals surface area contributed by atoms with Crippen LogP contribution in [-0.2, 0) is 9.47 Å². The smallest absolute Gasteiger partial charge is 0.277 e. The summed E-state index contributed by atoms with van der Waals surface area (Å²) in [6.07, 6.45) is 0. The molecule has 0 spiro atoms. The van der Waals surface area contributed by atoms with Crippen molar-refractivity contribution < 1.29 is 24.1 Å². The molecule has 126 valence electrons. The Morgan fingerprint density at radius 3 is 1.78 bits per heavy atom. The maximum Gasteiger partial charge on any atom is 0.277 e. The molecular formula is C13H17N3O7. The number of ether oxygens (including phenoxy) is 2. The monoisotopic (exact) mass is 327 g/mol. The van der Waals surface area contributed by atoms with E-state index in [0.29, 0.717) is 0 Å². The minimum Gasteiger partial charge on any atom is -0.383 e. The van der Waals surface area contributed by atoms with Gasteiger partial charge in [0.1, 0.15) is 0 Å². The minimum absolute atomic E-state index is 0.127. The fraction of sp³-hybridized carbons (Fsp3) is 0.462. The molecule has 0 fully saturated rings. The Balaban J connectivity index is 3.15. The molecule has 0 N–H and O–H groups in total. The number of nitrogens with zero attached hydrogens (tertiary/aromatic N) is 3.